The van der Waals surface area contributed by atoms with Gasteiger partial charge in [-0.25, -0.2) is 9.78 Å². The van der Waals surface area contributed by atoms with Crippen molar-refractivity contribution in [3.63, 3.8) is 0 Å². The molecule has 4 rings (SSSR count). The normalized spacial score (nSPS) is 21.1. The number of nitrogens with zero attached hydrogens (tertiary/aromatic N) is 3. The largest absolute Gasteiger partial charge is 0.453 e. The van der Waals surface area contributed by atoms with Gasteiger partial charge in [0.2, 0.25) is 0 Å². The van der Waals surface area contributed by atoms with Crippen molar-refractivity contribution in [3.05, 3.63) is 48.2 Å². The molecule has 6 nitrogen and oxygen atoms in total. The van der Waals surface area contributed by atoms with E-state index in [0.29, 0.717) is 25.2 Å². The quantitative estimate of drug-likeness (QED) is 0.847. The van der Waals surface area contributed by atoms with Crippen LogP contribution in [-0.2, 0) is 10.9 Å². The number of aromatic nitrogens is 1. The number of amides is 1. The number of halogens is 3. The molecule has 2 aromatic rings. The molecule has 9 heteroatoms. The molecule has 2 aliphatic rings. The fourth-order valence-electron chi connectivity index (χ4n) is 3.88. The second-order valence-electron chi connectivity index (χ2n) is 6.88. The topological polar surface area (TPSA) is 57.7 Å². The average Bonchev–Trinajstić information content (AvgIpc) is 3.09. The Morgan fingerprint density at radius 2 is 1.96 bits per heavy atom. The van der Waals surface area contributed by atoms with Crippen molar-refractivity contribution in [1.29, 1.82) is 0 Å². The number of rotatable bonds is 2. The second kappa shape index (κ2) is 6.88. The lowest BCUT2D eigenvalue weighted by atomic mass is 10.1. The Bertz CT molecular complexity index is 872. The molecule has 28 heavy (non-hydrogen) atoms. The summed E-state index contributed by atoms with van der Waals surface area (Å²) >= 11 is 0. The lowest BCUT2D eigenvalue weighted by Gasteiger charge is -2.40. The summed E-state index contributed by atoms with van der Waals surface area (Å²) in [6.07, 6.45) is -2.46. The first-order chi connectivity index (χ1) is 13.4. The molecule has 0 saturated carbocycles. The number of alkyl halides is 3. The van der Waals surface area contributed by atoms with Crippen molar-refractivity contribution < 1.29 is 22.7 Å². The summed E-state index contributed by atoms with van der Waals surface area (Å²) in [6.45, 7) is 1.19. The molecule has 0 radical (unpaired) electrons. The monoisotopic (exact) mass is 392 g/mol. The van der Waals surface area contributed by atoms with E-state index < -0.39 is 17.8 Å². The van der Waals surface area contributed by atoms with Crippen LogP contribution < -0.4 is 15.1 Å². The van der Waals surface area contributed by atoms with Crippen LogP contribution in [0, 0.1) is 0 Å². The fourth-order valence-corrected chi connectivity index (χ4v) is 3.88. The molecule has 1 fully saturated rings. The van der Waals surface area contributed by atoms with Crippen LogP contribution in [0.3, 0.4) is 0 Å². The number of anilines is 3. The lowest BCUT2D eigenvalue weighted by molar-refractivity contribution is -0.137. The Balaban J connectivity index is 1.63. The average molecular weight is 392 g/mol. The number of benzene rings is 1. The van der Waals surface area contributed by atoms with Gasteiger partial charge in [0.05, 0.1) is 30.4 Å². The van der Waals surface area contributed by atoms with Crippen LogP contribution in [0.4, 0.5) is 35.2 Å². The summed E-state index contributed by atoms with van der Waals surface area (Å²) in [5.74, 6) is 0.757. The van der Waals surface area contributed by atoms with Gasteiger partial charge in [-0.15, -0.1) is 0 Å². The molecule has 1 aromatic heterocycles. The highest BCUT2D eigenvalue weighted by Crippen LogP contribution is 2.42. The number of nitrogens with one attached hydrogen (secondary N) is 1. The van der Waals surface area contributed by atoms with Gasteiger partial charge in [-0.1, -0.05) is 0 Å². The number of hydrogen-bond acceptors (Lipinski definition) is 5. The summed E-state index contributed by atoms with van der Waals surface area (Å²) < 4.78 is 43.3. The third kappa shape index (κ3) is 3.32. The number of pyridine rings is 1. The lowest BCUT2D eigenvalue weighted by Crippen LogP contribution is -2.44. The fraction of sp³-hybridized carbons (Fsp3) is 0.368. The predicted octanol–water partition coefficient (Wildman–Crippen LogP) is 3.56. The van der Waals surface area contributed by atoms with Gasteiger partial charge in [-0.05, 0) is 42.8 Å². The zero-order chi connectivity index (χ0) is 19.9. The molecule has 1 aromatic carbocycles. The zero-order valence-corrected chi connectivity index (χ0v) is 15.1. The second-order valence-corrected chi connectivity index (χ2v) is 6.88. The highest BCUT2D eigenvalue weighted by molar-refractivity contribution is 5.78. The van der Waals surface area contributed by atoms with Gasteiger partial charge in [0.15, 0.2) is 5.82 Å². The van der Waals surface area contributed by atoms with Crippen molar-refractivity contribution >= 4 is 23.3 Å². The van der Waals surface area contributed by atoms with Crippen LogP contribution in [0.25, 0.3) is 0 Å². The van der Waals surface area contributed by atoms with Crippen molar-refractivity contribution in [2.45, 2.75) is 24.7 Å². The van der Waals surface area contributed by atoms with E-state index in [4.69, 9.17) is 0 Å². The highest BCUT2D eigenvalue weighted by Gasteiger charge is 2.40. The van der Waals surface area contributed by atoms with Crippen molar-refractivity contribution in [3.8, 4) is 0 Å². The molecule has 1 N–H and O–H groups in total. The molecule has 0 aliphatic carbocycles. The van der Waals surface area contributed by atoms with Gasteiger partial charge in [-0.2, -0.15) is 13.2 Å². The Labute approximate surface area is 159 Å². The molecule has 3 heterocycles. The van der Waals surface area contributed by atoms with Crippen LogP contribution >= 0.6 is 0 Å². The molecule has 148 valence electrons. The molecule has 2 atom stereocenters. The molecule has 0 unspecified atom stereocenters. The van der Waals surface area contributed by atoms with E-state index in [1.165, 1.54) is 19.2 Å². The summed E-state index contributed by atoms with van der Waals surface area (Å²) in [6, 6.07) is 8.84. The third-order valence-corrected chi connectivity index (χ3v) is 5.15. The van der Waals surface area contributed by atoms with Gasteiger partial charge in [-0.3, -0.25) is 0 Å². The first-order valence-electron chi connectivity index (χ1n) is 8.88. The van der Waals surface area contributed by atoms with Gasteiger partial charge < -0.3 is 19.9 Å². The van der Waals surface area contributed by atoms with E-state index in [9.17, 15) is 18.0 Å². The number of methoxy groups -OCH3 is 1. The van der Waals surface area contributed by atoms with Crippen molar-refractivity contribution in [2.24, 2.45) is 0 Å². The molecular formula is C19H19F3N4O2. The Kier molecular flexibility index (Phi) is 4.52. The van der Waals surface area contributed by atoms with Gasteiger partial charge in [0.1, 0.15) is 0 Å². The summed E-state index contributed by atoms with van der Waals surface area (Å²) in [5.41, 5.74) is 0.827. The first kappa shape index (κ1) is 18.4. The number of ether oxygens (including phenoxy) is 1. The van der Waals surface area contributed by atoms with Crippen LogP contribution in [0.2, 0.25) is 0 Å². The van der Waals surface area contributed by atoms with Crippen LogP contribution in [-0.4, -0.2) is 43.4 Å². The summed E-state index contributed by atoms with van der Waals surface area (Å²) in [7, 11) is 1.32. The third-order valence-electron chi connectivity index (χ3n) is 5.15. The maximum Gasteiger partial charge on any atom is 0.416 e. The molecule has 1 amide bonds. The van der Waals surface area contributed by atoms with Gasteiger partial charge >= 0.3 is 12.3 Å². The maximum atomic E-state index is 12.9. The molecule has 2 aliphatic heterocycles. The molecule has 1 saturated heterocycles. The summed E-state index contributed by atoms with van der Waals surface area (Å²) in [5, 5.41) is 2.82. The predicted molar refractivity (Wildman–Crippen MR) is 97.8 cm³/mol. The van der Waals surface area contributed by atoms with Crippen LogP contribution in [0.5, 0.6) is 0 Å². The van der Waals surface area contributed by atoms with E-state index in [2.05, 4.69) is 19.9 Å². The number of hydrogen-bond donors (Lipinski definition) is 1. The maximum absolute atomic E-state index is 12.9. The van der Waals surface area contributed by atoms with Gasteiger partial charge in [0.25, 0.3) is 0 Å². The van der Waals surface area contributed by atoms with Crippen LogP contribution in [0.15, 0.2) is 42.6 Å². The Hall–Kier alpha value is -2.97. The van der Waals surface area contributed by atoms with E-state index in [1.807, 2.05) is 11.0 Å². The van der Waals surface area contributed by atoms with E-state index >= 15 is 0 Å². The van der Waals surface area contributed by atoms with E-state index in [1.54, 1.807) is 12.3 Å². The Morgan fingerprint density at radius 1 is 1.21 bits per heavy atom. The van der Waals surface area contributed by atoms with Crippen molar-refractivity contribution in [1.82, 2.24) is 10.3 Å². The molecule has 0 spiro atoms. The summed E-state index contributed by atoms with van der Waals surface area (Å²) in [4.78, 5) is 20.1. The number of carbonyl (C=O) groups is 1. The highest BCUT2D eigenvalue weighted by atomic mass is 19.4. The molecular weight excluding hydrogens is 373 g/mol. The minimum absolute atomic E-state index is 0.0758. The number of alkyl carbamates (subject to hydrolysis) is 1. The number of fused-ring (bicyclic) bond motifs is 3. The van der Waals surface area contributed by atoms with E-state index in [0.717, 1.165) is 23.6 Å². The van der Waals surface area contributed by atoms with Crippen LogP contribution in [0.1, 0.15) is 12.0 Å². The number of carbonyl (C=O) groups excluding carboxylic acids is 1. The Morgan fingerprint density at radius 3 is 2.64 bits per heavy atom. The zero-order valence-electron chi connectivity index (χ0n) is 15.1. The minimum atomic E-state index is -4.37. The minimum Gasteiger partial charge on any atom is -0.453 e. The molecule has 0 bridgehead atoms. The first-order valence-corrected chi connectivity index (χ1v) is 8.88. The van der Waals surface area contributed by atoms with Crippen molar-refractivity contribution in [2.75, 3.05) is 30.0 Å². The van der Waals surface area contributed by atoms with Gasteiger partial charge in [0, 0.05) is 25.0 Å². The standard InChI is InChI=1S/C19H19F3N4O2/c1-28-18(27)24-13-9-15-11-25(14-6-4-12(5-7-14)19(20,21)22)16-3-2-8-23-17(16)26(15)10-13/h2-8,13,15H,9-11H2,1H3,(H,24,27)/t13-,15-/m1/s1. The smallest absolute Gasteiger partial charge is 0.416 e. The van der Waals surface area contributed by atoms with E-state index in [-0.39, 0.29) is 12.1 Å². The SMILES string of the molecule is COC(=O)N[C@@H]1C[C@@H]2CN(c3ccc(C(F)(F)F)cc3)c3cccnc3N2C1.